The van der Waals surface area contributed by atoms with Crippen LogP contribution in [0.3, 0.4) is 0 Å². The van der Waals surface area contributed by atoms with Gasteiger partial charge in [0, 0.05) is 23.5 Å². The maximum atomic E-state index is 12.9. The first-order valence-electron chi connectivity index (χ1n) is 9.85. The zero-order valence-corrected chi connectivity index (χ0v) is 19.4. The van der Waals surface area contributed by atoms with Gasteiger partial charge in [-0.05, 0) is 77.0 Å². The highest BCUT2D eigenvalue weighted by Crippen LogP contribution is 2.28. The average molecular weight is 479 g/mol. The third kappa shape index (κ3) is 5.08. The van der Waals surface area contributed by atoms with Crippen molar-refractivity contribution in [1.82, 2.24) is 4.31 Å². The van der Waals surface area contributed by atoms with Gasteiger partial charge in [-0.15, -0.1) is 0 Å². The van der Waals surface area contributed by atoms with Gasteiger partial charge in [0.05, 0.1) is 10.6 Å². The number of aryl methyl sites for hydroxylation is 1. The van der Waals surface area contributed by atoms with Crippen molar-refractivity contribution in [2.45, 2.75) is 44.4 Å². The molecule has 1 amide bonds. The number of piperidine rings is 1. The molecule has 1 saturated heterocycles. The monoisotopic (exact) mass is 478 g/mol. The van der Waals surface area contributed by atoms with Crippen LogP contribution < -0.4 is 5.32 Å². The molecule has 7 heteroatoms. The van der Waals surface area contributed by atoms with E-state index in [1.165, 1.54) is 4.31 Å². The van der Waals surface area contributed by atoms with Gasteiger partial charge in [0.25, 0.3) is 0 Å². The van der Waals surface area contributed by atoms with Crippen LogP contribution >= 0.6 is 15.9 Å². The molecule has 0 unspecified atom stereocenters. The summed E-state index contributed by atoms with van der Waals surface area (Å²) in [6, 6.07) is 12.9. The van der Waals surface area contributed by atoms with E-state index in [0.717, 1.165) is 21.3 Å². The van der Waals surface area contributed by atoms with E-state index in [0.29, 0.717) is 36.7 Å². The highest BCUT2D eigenvalue weighted by molar-refractivity contribution is 9.10. The number of hydrogen-bond donors (Lipinski definition) is 1. The first-order chi connectivity index (χ1) is 13.7. The number of halogens is 1. The maximum Gasteiger partial charge on any atom is 0.243 e. The Morgan fingerprint density at radius 1 is 1.10 bits per heavy atom. The molecule has 0 aliphatic carbocycles. The number of amides is 1. The van der Waals surface area contributed by atoms with E-state index in [4.69, 9.17) is 0 Å². The van der Waals surface area contributed by atoms with Gasteiger partial charge in [-0.25, -0.2) is 8.42 Å². The van der Waals surface area contributed by atoms with Gasteiger partial charge in [-0.2, -0.15) is 4.31 Å². The van der Waals surface area contributed by atoms with Crippen molar-refractivity contribution in [3.63, 3.8) is 0 Å². The Hall–Kier alpha value is -1.70. The smallest absolute Gasteiger partial charge is 0.243 e. The maximum absolute atomic E-state index is 12.9. The number of sulfonamides is 1. The summed E-state index contributed by atoms with van der Waals surface area (Å²) in [6.45, 7) is 6.84. The summed E-state index contributed by atoms with van der Waals surface area (Å²) in [7, 11) is -3.53. The molecule has 0 bridgehead atoms. The number of carbonyl (C=O) groups is 1. The summed E-state index contributed by atoms with van der Waals surface area (Å²) in [5.41, 5.74) is 2.96. The zero-order valence-electron chi connectivity index (χ0n) is 17.0. The van der Waals surface area contributed by atoms with E-state index in [9.17, 15) is 13.2 Å². The highest BCUT2D eigenvalue weighted by Gasteiger charge is 2.32. The molecule has 1 aliphatic rings. The molecule has 2 aromatic rings. The normalized spacial score (nSPS) is 16.2. The Morgan fingerprint density at radius 3 is 2.28 bits per heavy atom. The molecule has 5 nitrogen and oxygen atoms in total. The predicted octanol–water partition coefficient (Wildman–Crippen LogP) is 4.92. The van der Waals surface area contributed by atoms with E-state index in [1.54, 1.807) is 12.1 Å². The van der Waals surface area contributed by atoms with Crippen molar-refractivity contribution >= 4 is 37.5 Å². The number of anilines is 1. The van der Waals surface area contributed by atoms with E-state index in [-0.39, 0.29) is 11.8 Å². The minimum atomic E-state index is -3.53. The Labute approximate surface area is 181 Å². The average Bonchev–Trinajstić information content (AvgIpc) is 2.70. The number of rotatable bonds is 5. The molecule has 1 fully saturated rings. The molecule has 0 spiro atoms. The standard InChI is InChI=1S/C22H27BrN2O3S/c1-15(2)17-5-7-19(8-6-17)29(27,28)25-12-10-18(11-13-25)22(26)24-21-9-4-16(3)14-20(21)23/h4-9,14-15,18H,10-13H2,1-3H3,(H,24,26). The predicted molar refractivity (Wildman–Crippen MR) is 120 cm³/mol. The van der Waals surface area contributed by atoms with Crippen LogP contribution in [-0.2, 0) is 14.8 Å². The quantitative estimate of drug-likeness (QED) is 0.662. The minimum Gasteiger partial charge on any atom is -0.325 e. The molecule has 156 valence electrons. The molecule has 1 aliphatic heterocycles. The molecule has 0 atom stereocenters. The Bertz CT molecular complexity index is 980. The van der Waals surface area contributed by atoms with Crippen molar-refractivity contribution in [2.24, 2.45) is 5.92 Å². The van der Waals surface area contributed by atoms with Gasteiger partial charge in [-0.3, -0.25) is 4.79 Å². The number of benzene rings is 2. The Kier molecular flexibility index (Phi) is 6.81. The third-order valence-corrected chi connectivity index (χ3v) is 7.96. The van der Waals surface area contributed by atoms with Gasteiger partial charge in [0.1, 0.15) is 0 Å². The van der Waals surface area contributed by atoms with Crippen molar-refractivity contribution in [2.75, 3.05) is 18.4 Å². The number of hydrogen-bond acceptors (Lipinski definition) is 3. The molecular weight excluding hydrogens is 452 g/mol. The SMILES string of the molecule is Cc1ccc(NC(=O)C2CCN(S(=O)(=O)c3ccc(C(C)C)cc3)CC2)c(Br)c1. The Balaban J connectivity index is 1.62. The molecule has 0 saturated carbocycles. The second-order valence-electron chi connectivity index (χ2n) is 7.87. The molecule has 1 N–H and O–H groups in total. The van der Waals surface area contributed by atoms with Gasteiger partial charge >= 0.3 is 0 Å². The van der Waals surface area contributed by atoms with Gasteiger partial charge in [0.15, 0.2) is 0 Å². The van der Waals surface area contributed by atoms with Crippen LogP contribution in [0.15, 0.2) is 51.8 Å². The van der Waals surface area contributed by atoms with E-state index in [2.05, 4.69) is 35.1 Å². The van der Waals surface area contributed by atoms with Crippen molar-refractivity contribution < 1.29 is 13.2 Å². The van der Waals surface area contributed by atoms with Crippen molar-refractivity contribution in [1.29, 1.82) is 0 Å². The Morgan fingerprint density at radius 2 is 1.72 bits per heavy atom. The van der Waals surface area contributed by atoms with Crippen LogP contribution in [0, 0.1) is 12.8 Å². The summed E-state index contributed by atoms with van der Waals surface area (Å²) >= 11 is 3.47. The zero-order chi connectivity index (χ0) is 21.2. The van der Waals surface area contributed by atoms with E-state index >= 15 is 0 Å². The van der Waals surface area contributed by atoms with Crippen molar-refractivity contribution in [3.05, 3.63) is 58.1 Å². The molecule has 2 aromatic carbocycles. The minimum absolute atomic E-state index is 0.0621. The molecule has 0 aromatic heterocycles. The van der Waals surface area contributed by atoms with Crippen LogP contribution in [0.5, 0.6) is 0 Å². The fourth-order valence-electron chi connectivity index (χ4n) is 3.49. The lowest BCUT2D eigenvalue weighted by molar-refractivity contribution is -0.120. The first kappa shape index (κ1) is 22.0. The molecular formula is C22H27BrN2O3S. The van der Waals surface area contributed by atoms with Crippen LogP contribution in [-0.4, -0.2) is 31.7 Å². The van der Waals surface area contributed by atoms with Gasteiger partial charge in [-0.1, -0.05) is 32.0 Å². The van der Waals surface area contributed by atoms with E-state index in [1.807, 2.05) is 37.3 Å². The van der Waals surface area contributed by atoms with Gasteiger partial charge < -0.3 is 5.32 Å². The molecule has 1 heterocycles. The van der Waals surface area contributed by atoms with Gasteiger partial charge in [0.2, 0.25) is 15.9 Å². The van der Waals surface area contributed by atoms with Crippen molar-refractivity contribution in [3.8, 4) is 0 Å². The second kappa shape index (κ2) is 8.98. The van der Waals surface area contributed by atoms with E-state index < -0.39 is 10.0 Å². The lowest BCUT2D eigenvalue weighted by Crippen LogP contribution is -2.41. The summed E-state index contributed by atoms with van der Waals surface area (Å²) in [6.07, 6.45) is 1.03. The second-order valence-corrected chi connectivity index (χ2v) is 10.7. The highest BCUT2D eigenvalue weighted by atomic mass is 79.9. The summed E-state index contributed by atoms with van der Waals surface area (Å²) in [5, 5.41) is 2.96. The molecule has 0 radical (unpaired) electrons. The lowest BCUT2D eigenvalue weighted by Gasteiger charge is -2.30. The van der Waals surface area contributed by atoms with Crippen LogP contribution in [0.2, 0.25) is 0 Å². The summed E-state index contributed by atoms with van der Waals surface area (Å²) in [5.74, 6) is 0.0976. The summed E-state index contributed by atoms with van der Waals surface area (Å²) < 4.78 is 28.2. The number of carbonyl (C=O) groups excluding carboxylic acids is 1. The summed E-state index contributed by atoms with van der Waals surface area (Å²) in [4.78, 5) is 12.9. The lowest BCUT2D eigenvalue weighted by atomic mass is 9.97. The number of nitrogens with one attached hydrogen (secondary N) is 1. The topological polar surface area (TPSA) is 66.5 Å². The first-order valence-corrected chi connectivity index (χ1v) is 12.1. The fraction of sp³-hybridized carbons (Fsp3) is 0.409. The molecule has 29 heavy (non-hydrogen) atoms. The van der Waals surface area contributed by atoms with Crippen LogP contribution in [0.1, 0.15) is 43.7 Å². The van der Waals surface area contributed by atoms with Crippen LogP contribution in [0.25, 0.3) is 0 Å². The van der Waals surface area contributed by atoms with Crippen LogP contribution in [0.4, 0.5) is 5.69 Å². The molecule has 3 rings (SSSR count). The number of nitrogens with zero attached hydrogens (tertiary/aromatic N) is 1. The fourth-order valence-corrected chi connectivity index (χ4v) is 5.55. The third-order valence-electron chi connectivity index (χ3n) is 5.39. The largest absolute Gasteiger partial charge is 0.325 e.